The highest BCUT2D eigenvalue weighted by Crippen LogP contribution is 2.46. The lowest BCUT2D eigenvalue weighted by molar-refractivity contribution is -0.132. The summed E-state index contributed by atoms with van der Waals surface area (Å²) in [6, 6.07) is 11.4. The number of nitrogens with zero attached hydrogens (tertiary/aromatic N) is 3. The van der Waals surface area contributed by atoms with Crippen LogP contribution in [0.1, 0.15) is 59.5 Å². The van der Waals surface area contributed by atoms with Gasteiger partial charge in [-0.2, -0.15) is 0 Å². The molecule has 1 aliphatic heterocycles. The van der Waals surface area contributed by atoms with Gasteiger partial charge in [-0.05, 0) is 68.2 Å². The van der Waals surface area contributed by atoms with E-state index in [2.05, 4.69) is 15.5 Å². The van der Waals surface area contributed by atoms with Gasteiger partial charge >= 0.3 is 5.97 Å². The van der Waals surface area contributed by atoms with Crippen LogP contribution in [0.5, 0.6) is 0 Å². The predicted molar refractivity (Wildman–Crippen MR) is 139 cm³/mol. The second-order valence-corrected chi connectivity index (χ2v) is 10.6. The van der Waals surface area contributed by atoms with E-state index >= 15 is 0 Å². The molecule has 1 amide bonds. The summed E-state index contributed by atoms with van der Waals surface area (Å²) in [5, 5.41) is 11.4. The summed E-state index contributed by atoms with van der Waals surface area (Å²) in [6.07, 6.45) is 5.85. The largest absolute Gasteiger partial charge is 0.478 e. The Morgan fingerprint density at radius 1 is 1.09 bits per heavy atom. The Morgan fingerprint density at radius 2 is 1.86 bits per heavy atom. The highest BCUT2D eigenvalue weighted by atomic mass is 35.5. The fourth-order valence-electron chi connectivity index (χ4n) is 5.75. The minimum absolute atomic E-state index is 0.0338. The van der Waals surface area contributed by atoms with Crippen molar-refractivity contribution in [2.75, 3.05) is 27.2 Å². The van der Waals surface area contributed by atoms with Gasteiger partial charge in [0.1, 0.15) is 6.54 Å². The first-order chi connectivity index (χ1) is 16.8. The Bertz CT molecular complexity index is 1290. The molecule has 35 heavy (non-hydrogen) atoms. The zero-order valence-corrected chi connectivity index (χ0v) is 21.1. The molecular formula is C28H32ClN3O3. The second-order valence-electron chi connectivity index (χ2n) is 10.1. The fraction of sp³-hybridized carbons (Fsp3) is 0.429. The number of carboxylic acid groups (broad SMARTS) is 1. The van der Waals surface area contributed by atoms with Crippen molar-refractivity contribution in [3.8, 4) is 11.3 Å². The number of hydrogen-bond acceptors (Lipinski definition) is 3. The van der Waals surface area contributed by atoms with Crippen LogP contribution in [0.3, 0.4) is 0 Å². The molecule has 2 heterocycles. The maximum atomic E-state index is 13.6. The Labute approximate surface area is 211 Å². The van der Waals surface area contributed by atoms with E-state index in [0.717, 1.165) is 47.1 Å². The molecular weight excluding hydrogens is 462 g/mol. The maximum Gasteiger partial charge on any atom is 0.335 e. The molecule has 0 saturated heterocycles. The van der Waals surface area contributed by atoms with Crippen molar-refractivity contribution >= 4 is 34.4 Å². The van der Waals surface area contributed by atoms with Crippen LogP contribution in [0, 0.1) is 0 Å². The third kappa shape index (κ3) is 4.57. The Kier molecular flexibility index (Phi) is 6.60. The van der Waals surface area contributed by atoms with Crippen molar-refractivity contribution in [1.29, 1.82) is 0 Å². The molecule has 184 valence electrons. The molecule has 2 aromatic carbocycles. The lowest BCUT2D eigenvalue weighted by Crippen LogP contribution is -2.39. The van der Waals surface area contributed by atoms with Gasteiger partial charge in [0, 0.05) is 35.6 Å². The summed E-state index contributed by atoms with van der Waals surface area (Å²) in [4.78, 5) is 29.4. The molecule has 7 heteroatoms. The van der Waals surface area contributed by atoms with Crippen molar-refractivity contribution in [3.05, 3.63) is 58.1 Å². The summed E-state index contributed by atoms with van der Waals surface area (Å²) in [5.74, 6) is -0.536. The van der Waals surface area contributed by atoms with E-state index in [9.17, 15) is 14.7 Å². The number of likely N-dealkylation sites (N-methyl/N-ethyl adjacent to an activating group) is 1. The van der Waals surface area contributed by atoms with Gasteiger partial charge in [-0.3, -0.25) is 4.79 Å². The third-order valence-electron chi connectivity index (χ3n) is 7.51. The molecule has 1 fully saturated rings. The van der Waals surface area contributed by atoms with Crippen LogP contribution in [0.2, 0.25) is 5.02 Å². The van der Waals surface area contributed by atoms with Gasteiger partial charge in [0.2, 0.25) is 5.91 Å². The predicted octanol–water partition coefficient (Wildman–Crippen LogP) is 5.61. The van der Waals surface area contributed by atoms with Crippen LogP contribution in [0.4, 0.5) is 0 Å². The fourth-order valence-corrected chi connectivity index (χ4v) is 5.94. The standard InChI is InChI=1S/C28H32ClN3O3/c1-30(2)12-13-31-16-20-14-21(29)9-11-22(20)27-26(18-6-4-3-5-7-18)23-10-8-19(28(34)35)15-24(23)32(27)17-25(31)33/h8-11,14-15,18H,3-7,12-13,16-17H2,1-2H3,(H,34,35). The van der Waals surface area contributed by atoms with E-state index in [-0.39, 0.29) is 18.0 Å². The van der Waals surface area contributed by atoms with Crippen LogP contribution in [-0.2, 0) is 17.9 Å². The minimum atomic E-state index is -0.960. The molecule has 0 spiro atoms. The molecule has 2 aliphatic rings. The number of carbonyl (C=O) groups is 2. The normalized spacial score (nSPS) is 16.8. The van der Waals surface area contributed by atoms with Gasteiger partial charge in [0.05, 0.1) is 16.8 Å². The van der Waals surface area contributed by atoms with E-state index in [0.29, 0.717) is 24.0 Å². The van der Waals surface area contributed by atoms with Gasteiger partial charge in [-0.15, -0.1) is 0 Å². The molecule has 0 unspecified atom stereocenters. The summed E-state index contributed by atoms with van der Waals surface area (Å²) < 4.78 is 2.07. The van der Waals surface area contributed by atoms with E-state index in [4.69, 9.17) is 11.6 Å². The Hall–Kier alpha value is -2.83. The second kappa shape index (κ2) is 9.67. The van der Waals surface area contributed by atoms with Gasteiger partial charge in [0.25, 0.3) is 0 Å². The zero-order valence-electron chi connectivity index (χ0n) is 20.4. The number of aromatic nitrogens is 1. The molecule has 1 aliphatic carbocycles. The van der Waals surface area contributed by atoms with E-state index in [1.54, 1.807) is 12.1 Å². The highest BCUT2D eigenvalue weighted by Gasteiger charge is 2.31. The van der Waals surface area contributed by atoms with Crippen molar-refractivity contribution < 1.29 is 14.7 Å². The zero-order chi connectivity index (χ0) is 24.7. The van der Waals surface area contributed by atoms with Gasteiger partial charge < -0.3 is 19.5 Å². The number of carboxylic acids is 1. The summed E-state index contributed by atoms with van der Waals surface area (Å²) in [6.45, 7) is 2.07. The van der Waals surface area contributed by atoms with Crippen molar-refractivity contribution in [2.45, 2.75) is 51.1 Å². The number of amides is 1. The summed E-state index contributed by atoms with van der Waals surface area (Å²) >= 11 is 6.45. The molecule has 3 aromatic rings. The topological polar surface area (TPSA) is 65.8 Å². The van der Waals surface area contributed by atoms with Crippen molar-refractivity contribution in [3.63, 3.8) is 0 Å². The lowest BCUT2D eigenvalue weighted by Gasteiger charge is -2.30. The Balaban J connectivity index is 1.77. The van der Waals surface area contributed by atoms with E-state index in [1.807, 2.05) is 37.2 Å². The first kappa shape index (κ1) is 23.9. The number of fused-ring (bicyclic) bond motifs is 5. The maximum absolute atomic E-state index is 13.6. The minimum Gasteiger partial charge on any atom is -0.478 e. The third-order valence-corrected chi connectivity index (χ3v) is 7.75. The SMILES string of the molecule is CN(C)CCN1Cc2cc(Cl)ccc2-c2c(C3CCCCC3)c3ccc(C(=O)O)cc3n2CC1=O. The van der Waals surface area contributed by atoms with Gasteiger partial charge in [-0.25, -0.2) is 4.79 Å². The number of halogens is 1. The number of benzene rings is 2. The summed E-state index contributed by atoms with van der Waals surface area (Å²) in [5.41, 5.74) is 5.50. The van der Waals surface area contributed by atoms with Gasteiger partial charge in [-0.1, -0.05) is 43.0 Å². The van der Waals surface area contributed by atoms with Crippen molar-refractivity contribution in [1.82, 2.24) is 14.4 Å². The number of rotatable bonds is 5. The number of aromatic carboxylic acids is 1. The van der Waals surface area contributed by atoms with Crippen LogP contribution in [-0.4, -0.2) is 58.5 Å². The summed E-state index contributed by atoms with van der Waals surface area (Å²) in [7, 11) is 4.00. The molecule has 0 radical (unpaired) electrons. The van der Waals surface area contributed by atoms with Crippen LogP contribution >= 0.6 is 11.6 Å². The molecule has 1 N–H and O–H groups in total. The molecule has 0 atom stereocenters. The quantitative estimate of drug-likeness (QED) is 0.501. The first-order valence-corrected chi connectivity index (χ1v) is 12.8. The van der Waals surface area contributed by atoms with Gasteiger partial charge in [0.15, 0.2) is 0 Å². The molecule has 1 saturated carbocycles. The van der Waals surface area contributed by atoms with E-state index < -0.39 is 5.97 Å². The van der Waals surface area contributed by atoms with E-state index in [1.165, 1.54) is 24.8 Å². The number of carbonyl (C=O) groups excluding carboxylic acids is 1. The molecule has 1 aromatic heterocycles. The van der Waals surface area contributed by atoms with Crippen LogP contribution in [0.25, 0.3) is 22.2 Å². The van der Waals surface area contributed by atoms with Crippen LogP contribution < -0.4 is 0 Å². The molecule has 5 rings (SSSR count). The molecule has 6 nitrogen and oxygen atoms in total. The monoisotopic (exact) mass is 493 g/mol. The first-order valence-electron chi connectivity index (χ1n) is 12.4. The average Bonchev–Trinajstić information content (AvgIpc) is 3.14. The van der Waals surface area contributed by atoms with Crippen LogP contribution in [0.15, 0.2) is 36.4 Å². The highest BCUT2D eigenvalue weighted by molar-refractivity contribution is 6.30. The molecule has 0 bridgehead atoms. The Morgan fingerprint density at radius 3 is 2.57 bits per heavy atom. The van der Waals surface area contributed by atoms with Crippen molar-refractivity contribution in [2.24, 2.45) is 0 Å². The lowest BCUT2D eigenvalue weighted by atomic mass is 9.81. The number of hydrogen-bond donors (Lipinski definition) is 1. The smallest absolute Gasteiger partial charge is 0.335 e. The average molecular weight is 494 g/mol.